The van der Waals surface area contributed by atoms with Crippen molar-refractivity contribution < 1.29 is 37.7 Å². The molecule has 3 aromatic rings. The summed E-state index contributed by atoms with van der Waals surface area (Å²) in [5.74, 6) is -3.50. The molecule has 0 aliphatic carbocycles. The van der Waals surface area contributed by atoms with E-state index < -0.39 is 42.1 Å². The molecule has 0 aromatic heterocycles. The highest BCUT2D eigenvalue weighted by molar-refractivity contribution is 5.98. The first-order valence-corrected chi connectivity index (χ1v) is 9.95. The van der Waals surface area contributed by atoms with E-state index in [0.717, 1.165) is 6.07 Å². The van der Waals surface area contributed by atoms with Gasteiger partial charge in [-0.3, -0.25) is 4.79 Å². The fraction of sp³-hybridized carbons (Fsp3) is 0.160. The number of hydrogen-bond donors (Lipinski definition) is 1. The van der Waals surface area contributed by atoms with Crippen LogP contribution in [0.4, 0.5) is 8.78 Å². The number of Topliss-reactive ketones (excluding diaryl/α,β-unsaturated/α-hetero) is 1. The number of carboxylic acid groups (broad SMARTS) is 1. The molecule has 0 spiro atoms. The summed E-state index contributed by atoms with van der Waals surface area (Å²) in [6, 6.07) is 16.1. The number of halogens is 2. The molecule has 0 amide bonds. The SMILES string of the molecule is CC(OC(=O)COc1cccc(CC(=O)c2cc(-c3cccc(F)c3)ccc2F)c1)C(=O)O. The molecule has 33 heavy (non-hydrogen) atoms. The molecule has 1 atom stereocenters. The lowest BCUT2D eigenvalue weighted by Crippen LogP contribution is -2.26. The first kappa shape index (κ1) is 23.6. The van der Waals surface area contributed by atoms with Crippen LogP contribution in [0.3, 0.4) is 0 Å². The van der Waals surface area contributed by atoms with Crippen LogP contribution in [0, 0.1) is 11.6 Å². The van der Waals surface area contributed by atoms with E-state index in [1.54, 1.807) is 24.3 Å². The summed E-state index contributed by atoms with van der Waals surface area (Å²) in [6.45, 7) is 0.703. The minimum Gasteiger partial charge on any atom is -0.482 e. The highest BCUT2D eigenvalue weighted by Gasteiger charge is 2.17. The van der Waals surface area contributed by atoms with Gasteiger partial charge in [-0.05, 0) is 60.0 Å². The maximum absolute atomic E-state index is 14.4. The van der Waals surface area contributed by atoms with Crippen molar-refractivity contribution in [2.45, 2.75) is 19.4 Å². The quantitative estimate of drug-likeness (QED) is 0.380. The van der Waals surface area contributed by atoms with E-state index in [1.165, 1.54) is 43.3 Å². The number of esters is 1. The van der Waals surface area contributed by atoms with Crippen LogP contribution in [0.5, 0.6) is 5.75 Å². The highest BCUT2D eigenvalue weighted by Crippen LogP contribution is 2.24. The number of carbonyl (C=O) groups is 3. The Morgan fingerprint density at radius 3 is 2.39 bits per heavy atom. The van der Waals surface area contributed by atoms with Gasteiger partial charge in [0.2, 0.25) is 0 Å². The van der Waals surface area contributed by atoms with E-state index in [1.807, 2.05) is 0 Å². The summed E-state index contributed by atoms with van der Waals surface area (Å²) in [4.78, 5) is 35.1. The van der Waals surface area contributed by atoms with Gasteiger partial charge < -0.3 is 14.6 Å². The van der Waals surface area contributed by atoms with Gasteiger partial charge in [0.25, 0.3) is 0 Å². The third-order valence-corrected chi connectivity index (χ3v) is 4.70. The monoisotopic (exact) mass is 454 g/mol. The summed E-state index contributed by atoms with van der Waals surface area (Å²) in [5.41, 5.74) is 1.41. The highest BCUT2D eigenvalue weighted by atomic mass is 19.1. The number of benzene rings is 3. The van der Waals surface area contributed by atoms with Crippen molar-refractivity contribution in [3.63, 3.8) is 0 Å². The maximum Gasteiger partial charge on any atom is 0.344 e. The molecule has 1 unspecified atom stereocenters. The van der Waals surface area contributed by atoms with E-state index in [4.69, 9.17) is 9.84 Å². The number of carbonyl (C=O) groups excluding carboxylic acids is 2. The average Bonchev–Trinajstić information content (AvgIpc) is 2.78. The standard InChI is InChI=1S/C25H20F2O6/c1-15(25(30)31)33-24(29)14-32-20-7-2-4-16(10-20)11-23(28)21-13-18(8-9-22(21)27)17-5-3-6-19(26)12-17/h2-10,12-13,15H,11,14H2,1H3,(H,30,31). The van der Waals surface area contributed by atoms with Gasteiger partial charge >= 0.3 is 11.9 Å². The summed E-state index contributed by atoms with van der Waals surface area (Å²) in [6.07, 6.45) is -1.44. The van der Waals surface area contributed by atoms with Crippen LogP contribution in [0.2, 0.25) is 0 Å². The lowest BCUT2D eigenvalue weighted by Gasteiger charge is -2.11. The van der Waals surface area contributed by atoms with Crippen molar-refractivity contribution in [2.75, 3.05) is 6.61 Å². The predicted octanol–water partition coefficient (Wildman–Crippen LogP) is 4.45. The van der Waals surface area contributed by atoms with Crippen molar-refractivity contribution in [3.05, 3.63) is 89.5 Å². The van der Waals surface area contributed by atoms with Crippen molar-refractivity contribution in [2.24, 2.45) is 0 Å². The van der Waals surface area contributed by atoms with Crippen LogP contribution < -0.4 is 4.74 Å². The molecule has 3 rings (SSSR count). The fourth-order valence-corrected chi connectivity index (χ4v) is 3.04. The minimum atomic E-state index is -1.30. The van der Waals surface area contributed by atoms with E-state index in [-0.39, 0.29) is 17.7 Å². The molecule has 6 nitrogen and oxygen atoms in total. The van der Waals surface area contributed by atoms with E-state index in [9.17, 15) is 23.2 Å². The van der Waals surface area contributed by atoms with Gasteiger partial charge in [0, 0.05) is 6.42 Å². The molecule has 170 valence electrons. The number of rotatable bonds is 9. The molecule has 0 saturated heterocycles. The minimum absolute atomic E-state index is 0.130. The molecular formula is C25H20F2O6. The van der Waals surface area contributed by atoms with Crippen molar-refractivity contribution in [3.8, 4) is 16.9 Å². The van der Waals surface area contributed by atoms with Crippen LogP contribution in [0.1, 0.15) is 22.8 Å². The molecule has 0 fully saturated rings. The molecular weight excluding hydrogens is 434 g/mol. The lowest BCUT2D eigenvalue weighted by molar-refractivity contribution is -0.163. The van der Waals surface area contributed by atoms with Crippen molar-refractivity contribution >= 4 is 17.7 Å². The molecule has 0 heterocycles. The van der Waals surface area contributed by atoms with Crippen LogP contribution in [0.15, 0.2) is 66.7 Å². The maximum atomic E-state index is 14.4. The van der Waals surface area contributed by atoms with Crippen LogP contribution in [0.25, 0.3) is 11.1 Å². The number of ether oxygens (including phenoxy) is 2. The van der Waals surface area contributed by atoms with E-state index in [2.05, 4.69) is 4.74 Å². The summed E-state index contributed by atoms with van der Waals surface area (Å²) in [7, 11) is 0. The second kappa shape index (κ2) is 10.5. The van der Waals surface area contributed by atoms with Crippen molar-refractivity contribution in [1.82, 2.24) is 0 Å². The van der Waals surface area contributed by atoms with Gasteiger partial charge in [-0.15, -0.1) is 0 Å². The van der Waals surface area contributed by atoms with Crippen LogP contribution in [-0.2, 0) is 20.7 Å². The molecule has 8 heteroatoms. The smallest absolute Gasteiger partial charge is 0.344 e. The third kappa shape index (κ3) is 6.46. The summed E-state index contributed by atoms with van der Waals surface area (Å²) in [5, 5.41) is 8.75. The Bertz CT molecular complexity index is 1190. The number of ketones is 1. The Hall–Kier alpha value is -4.07. The van der Waals surface area contributed by atoms with Crippen molar-refractivity contribution in [1.29, 1.82) is 0 Å². The molecule has 0 saturated carbocycles. The predicted molar refractivity (Wildman–Crippen MR) is 115 cm³/mol. The Kier molecular flexibility index (Phi) is 7.50. The number of carboxylic acids is 1. The summed E-state index contributed by atoms with van der Waals surface area (Å²) < 4.78 is 37.8. The zero-order valence-corrected chi connectivity index (χ0v) is 17.6. The largest absolute Gasteiger partial charge is 0.482 e. The number of hydrogen-bond acceptors (Lipinski definition) is 5. The lowest BCUT2D eigenvalue weighted by atomic mass is 9.97. The number of aliphatic carboxylic acids is 1. The average molecular weight is 454 g/mol. The van der Waals surface area contributed by atoms with Gasteiger partial charge in [-0.25, -0.2) is 18.4 Å². The second-order valence-corrected chi connectivity index (χ2v) is 7.21. The van der Waals surface area contributed by atoms with Gasteiger partial charge in [0.1, 0.15) is 17.4 Å². The Morgan fingerprint density at radius 2 is 1.67 bits per heavy atom. The molecule has 0 aliphatic rings. The second-order valence-electron chi connectivity index (χ2n) is 7.21. The van der Waals surface area contributed by atoms with Crippen LogP contribution in [-0.4, -0.2) is 35.5 Å². The first-order chi connectivity index (χ1) is 15.7. The third-order valence-electron chi connectivity index (χ3n) is 4.70. The Balaban J connectivity index is 1.69. The Labute approximate surface area is 188 Å². The van der Waals surface area contributed by atoms with Gasteiger partial charge in [0.05, 0.1) is 5.56 Å². The molecule has 3 aromatic carbocycles. The fourth-order valence-electron chi connectivity index (χ4n) is 3.04. The van der Waals surface area contributed by atoms with E-state index in [0.29, 0.717) is 16.7 Å². The zero-order valence-electron chi connectivity index (χ0n) is 17.6. The zero-order chi connectivity index (χ0) is 24.0. The van der Waals surface area contributed by atoms with Gasteiger partial charge in [-0.2, -0.15) is 0 Å². The summed E-state index contributed by atoms with van der Waals surface area (Å²) >= 11 is 0. The Morgan fingerprint density at radius 1 is 0.939 bits per heavy atom. The molecule has 0 radical (unpaired) electrons. The van der Waals surface area contributed by atoms with Gasteiger partial charge in [-0.1, -0.05) is 30.3 Å². The van der Waals surface area contributed by atoms with Crippen LogP contribution >= 0.6 is 0 Å². The topological polar surface area (TPSA) is 89.9 Å². The van der Waals surface area contributed by atoms with Gasteiger partial charge in [0.15, 0.2) is 18.5 Å². The van der Waals surface area contributed by atoms with E-state index >= 15 is 0 Å². The normalized spacial score (nSPS) is 11.5. The molecule has 0 bridgehead atoms. The first-order valence-electron chi connectivity index (χ1n) is 9.95. The molecule has 1 N–H and O–H groups in total. The molecule has 0 aliphatic heterocycles.